The highest BCUT2D eigenvalue weighted by atomic mass is 16.5. The van der Waals surface area contributed by atoms with Crippen molar-refractivity contribution in [2.75, 3.05) is 13.7 Å². The van der Waals surface area contributed by atoms with Crippen molar-refractivity contribution in [1.29, 1.82) is 5.26 Å². The van der Waals surface area contributed by atoms with Crippen LogP contribution in [-0.2, 0) is 14.3 Å². The van der Waals surface area contributed by atoms with Crippen LogP contribution in [-0.4, -0.2) is 25.8 Å². The van der Waals surface area contributed by atoms with Gasteiger partial charge in [-0.25, -0.2) is 4.79 Å². The minimum Gasteiger partial charge on any atom is -0.462 e. The molecule has 4 heteroatoms. The van der Waals surface area contributed by atoms with Crippen LogP contribution < -0.4 is 0 Å². The fraction of sp³-hybridized carbons (Fsp3) is 0.556. The van der Waals surface area contributed by atoms with E-state index in [2.05, 4.69) is 0 Å². The average molecular weight is 183 g/mol. The van der Waals surface area contributed by atoms with E-state index in [1.807, 2.05) is 6.92 Å². The van der Waals surface area contributed by atoms with Crippen LogP contribution in [0.3, 0.4) is 0 Å². The third-order valence-corrected chi connectivity index (χ3v) is 1.47. The normalized spacial score (nSPS) is 12.4. The summed E-state index contributed by atoms with van der Waals surface area (Å²) >= 11 is 0. The molecule has 1 unspecified atom stereocenters. The molecule has 4 nitrogen and oxygen atoms in total. The third-order valence-electron chi connectivity index (χ3n) is 1.47. The van der Waals surface area contributed by atoms with Gasteiger partial charge in [-0.05, 0) is 6.92 Å². The predicted octanol–water partition coefficient (Wildman–Crippen LogP) is 1.03. The SMILES string of the molecule is COC(C)CCOC(=O)C=CC#N. The molecule has 0 aliphatic carbocycles. The summed E-state index contributed by atoms with van der Waals surface area (Å²) in [4.78, 5) is 10.8. The first-order valence-electron chi connectivity index (χ1n) is 3.96. The summed E-state index contributed by atoms with van der Waals surface area (Å²) < 4.78 is 9.71. The Morgan fingerprint density at radius 1 is 1.69 bits per heavy atom. The minimum atomic E-state index is -0.496. The van der Waals surface area contributed by atoms with Crippen molar-refractivity contribution < 1.29 is 14.3 Å². The molecule has 0 spiro atoms. The second-order valence-corrected chi connectivity index (χ2v) is 2.46. The number of methoxy groups -OCH3 is 1. The van der Waals surface area contributed by atoms with E-state index in [0.29, 0.717) is 13.0 Å². The molecule has 0 saturated heterocycles. The van der Waals surface area contributed by atoms with E-state index in [1.54, 1.807) is 13.2 Å². The van der Waals surface area contributed by atoms with Gasteiger partial charge in [-0.1, -0.05) is 0 Å². The predicted molar refractivity (Wildman–Crippen MR) is 46.8 cm³/mol. The zero-order valence-corrected chi connectivity index (χ0v) is 7.82. The Labute approximate surface area is 77.8 Å². The van der Waals surface area contributed by atoms with Crippen molar-refractivity contribution >= 4 is 5.97 Å². The van der Waals surface area contributed by atoms with Gasteiger partial charge in [-0.3, -0.25) is 0 Å². The molecule has 13 heavy (non-hydrogen) atoms. The van der Waals surface area contributed by atoms with Crippen molar-refractivity contribution in [3.63, 3.8) is 0 Å². The van der Waals surface area contributed by atoms with E-state index >= 15 is 0 Å². The lowest BCUT2D eigenvalue weighted by Crippen LogP contribution is -2.11. The number of nitriles is 1. The van der Waals surface area contributed by atoms with E-state index in [-0.39, 0.29) is 6.10 Å². The average Bonchev–Trinajstić information content (AvgIpc) is 2.14. The van der Waals surface area contributed by atoms with Crippen molar-refractivity contribution in [3.05, 3.63) is 12.2 Å². The molecule has 1 atom stereocenters. The Bertz CT molecular complexity index is 217. The van der Waals surface area contributed by atoms with Gasteiger partial charge in [0.1, 0.15) is 0 Å². The lowest BCUT2D eigenvalue weighted by Gasteiger charge is -2.08. The van der Waals surface area contributed by atoms with Gasteiger partial charge in [-0.15, -0.1) is 0 Å². The number of carbonyl (C=O) groups excluding carboxylic acids is 1. The molecule has 0 aromatic rings. The number of hydrogen-bond donors (Lipinski definition) is 0. The van der Waals surface area contributed by atoms with Gasteiger partial charge < -0.3 is 9.47 Å². The Kier molecular flexibility index (Phi) is 6.56. The first-order chi connectivity index (χ1) is 6.20. The third kappa shape index (κ3) is 7.04. The Hall–Kier alpha value is -1.34. The molecule has 0 heterocycles. The van der Waals surface area contributed by atoms with E-state index in [9.17, 15) is 4.79 Å². The summed E-state index contributed by atoms with van der Waals surface area (Å²) in [5.74, 6) is -0.496. The summed E-state index contributed by atoms with van der Waals surface area (Å²) in [6.07, 6.45) is 2.91. The van der Waals surface area contributed by atoms with Crippen molar-refractivity contribution in [2.24, 2.45) is 0 Å². The quantitative estimate of drug-likeness (QED) is 0.363. The molecule has 0 aliphatic heterocycles. The Morgan fingerprint density at radius 3 is 2.92 bits per heavy atom. The fourth-order valence-electron chi connectivity index (χ4n) is 0.597. The molecular formula is C9H13NO3. The summed E-state index contributed by atoms with van der Waals surface area (Å²) in [6, 6.07) is 1.70. The smallest absolute Gasteiger partial charge is 0.331 e. The second-order valence-electron chi connectivity index (χ2n) is 2.46. The van der Waals surface area contributed by atoms with Crippen LogP contribution in [0.5, 0.6) is 0 Å². The Balaban J connectivity index is 3.49. The lowest BCUT2D eigenvalue weighted by atomic mass is 10.3. The highest BCUT2D eigenvalue weighted by molar-refractivity contribution is 5.82. The fourth-order valence-corrected chi connectivity index (χ4v) is 0.597. The van der Waals surface area contributed by atoms with Crippen LogP contribution in [0.15, 0.2) is 12.2 Å². The summed E-state index contributed by atoms with van der Waals surface area (Å²) in [5.41, 5.74) is 0. The number of allylic oxidation sites excluding steroid dienone is 1. The highest BCUT2D eigenvalue weighted by Crippen LogP contribution is 1.95. The molecule has 0 aromatic carbocycles. The second kappa shape index (κ2) is 7.32. The molecule has 0 aromatic heterocycles. The van der Waals surface area contributed by atoms with Gasteiger partial charge >= 0.3 is 5.97 Å². The first-order valence-corrected chi connectivity index (χ1v) is 3.96. The molecule has 0 saturated carbocycles. The van der Waals surface area contributed by atoms with E-state index in [1.165, 1.54) is 0 Å². The van der Waals surface area contributed by atoms with Crippen LogP contribution in [0.1, 0.15) is 13.3 Å². The number of esters is 1. The maximum absolute atomic E-state index is 10.8. The monoisotopic (exact) mass is 183 g/mol. The standard InChI is InChI=1S/C9H13NO3/c1-8(12-2)5-7-13-9(11)4-3-6-10/h3-4,8H,5,7H2,1-2H3. The summed E-state index contributed by atoms with van der Waals surface area (Å²) in [6.45, 7) is 2.20. The van der Waals surface area contributed by atoms with E-state index in [4.69, 9.17) is 14.7 Å². The molecule has 0 amide bonds. The van der Waals surface area contributed by atoms with Gasteiger partial charge in [0, 0.05) is 25.7 Å². The molecule has 0 aliphatic rings. The van der Waals surface area contributed by atoms with Crippen molar-refractivity contribution in [1.82, 2.24) is 0 Å². The van der Waals surface area contributed by atoms with Gasteiger partial charge in [0.25, 0.3) is 0 Å². The molecule has 0 radical (unpaired) electrons. The maximum Gasteiger partial charge on any atom is 0.331 e. The molecule has 0 fully saturated rings. The van der Waals surface area contributed by atoms with Gasteiger partial charge in [0.05, 0.1) is 18.8 Å². The highest BCUT2D eigenvalue weighted by Gasteiger charge is 2.01. The molecular weight excluding hydrogens is 170 g/mol. The molecule has 0 N–H and O–H groups in total. The summed E-state index contributed by atoms with van der Waals surface area (Å²) in [5, 5.41) is 8.10. The largest absolute Gasteiger partial charge is 0.462 e. The van der Waals surface area contributed by atoms with Crippen LogP contribution in [0.4, 0.5) is 0 Å². The zero-order valence-electron chi connectivity index (χ0n) is 7.82. The van der Waals surface area contributed by atoms with Gasteiger partial charge in [0.2, 0.25) is 0 Å². The Morgan fingerprint density at radius 2 is 2.38 bits per heavy atom. The number of ether oxygens (including phenoxy) is 2. The number of nitrogens with zero attached hydrogens (tertiary/aromatic N) is 1. The van der Waals surface area contributed by atoms with E-state index < -0.39 is 5.97 Å². The first kappa shape index (κ1) is 11.7. The van der Waals surface area contributed by atoms with Crippen LogP contribution >= 0.6 is 0 Å². The van der Waals surface area contributed by atoms with E-state index in [0.717, 1.165) is 12.2 Å². The zero-order chi connectivity index (χ0) is 10.1. The molecule has 0 rings (SSSR count). The van der Waals surface area contributed by atoms with Gasteiger partial charge in [-0.2, -0.15) is 5.26 Å². The number of rotatable bonds is 5. The number of hydrogen-bond acceptors (Lipinski definition) is 4. The van der Waals surface area contributed by atoms with Crippen molar-refractivity contribution in [2.45, 2.75) is 19.4 Å². The maximum atomic E-state index is 10.8. The minimum absolute atomic E-state index is 0.0766. The number of carbonyl (C=O) groups is 1. The molecule has 0 bridgehead atoms. The van der Waals surface area contributed by atoms with Crippen LogP contribution in [0.25, 0.3) is 0 Å². The van der Waals surface area contributed by atoms with Crippen molar-refractivity contribution in [3.8, 4) is 6.07 Å². The van der Waals surface area contributed by atoms with Crippen LogP contribution in [0, 0.1) is 11.3 Å². The summed E-state index contributed by atoms with van der Waals surface area (Å²) in [7, 11) is 1.60. The van der Waals surface area contributed by atoms with Crippen LogP contribution in [0.2, 0.25) is 0 Å². The molecule has 72 valence electrons. The lowest BCUT2D eigenvalue weighted by molar-refractivity contribution is -0.138. The topological polar surface area (TPSA) is 59.3 Å². The van der Waals surface area contributed by atoms with Gasteiger partial charge in [0.15, 0.2) is 0 Å².